The SMILES string of the molecule is O=C(c1cc(Cl)c2c(c1)OCO2)N1CCCNCC1. The predicted octanol–water partition coefficient (Wildman–Crippen LogP) is 1.50. The van der Waals surface area contributed by atoms with E-state index in [1.165, 1.54) is 0 Å². The lowest BCUT2D eigenvalue weighted by atomic mass is 10.1. The molecule has 1 aromatic carbocycles. The number of ether oxygens (including phenoxy) is 2. The van der Waals surface area contributed by atoms with Gasteiger partial charge >= 0.3 is 0 Å². The Balaban J connectivity index is 1.85. The quantitative estimate of drug-likeness (QED) is 0.848. The Kier molecular flexibility index (Phi) is 3.48. The largest absolute Gasteiger partial charge is 0.454 e. The van der Waals surface area contributed by atoms with Crippen molar-refractivity contribution in [3.05, 3.63) is 22.7 Å². The fourth-order valence-corrected chi connectivity index (χ4v) is 2.59. The van der Waals surface area contributed by atoms with E-state index in [9.17, 15) is 4.79 Å². The number of fused-ring (bicyclic) bond motifs is 1. The Bertz CT molecular complexity index is 499. The van der Waals surface area contributed by atoms with Gasteiger partial charge in [-0.2, -0.15) is 0 Å². The van der Waals surface area contributed by atoms with Crippen LogP contribution in [-0.2, 0) is 0 Å². The maximum absolute atomic E-state index is 12.4. The molecule has 0 aromatic heterocycles. The van der Waals surface area contributed by atoms with E-state index in [0.29, 0.717) is 28.6 Å². The lowest BCUT2D eigenvalue weighted by Crippen LogP contribution is -2.34. The minimum absolute atomic E-state index is 0.0103. The summed E-state index contributed by atoms with van der Waals surface area (Å²) in [4.78, 5) is 14.3. The highest BCUT2D eigenvalue weighted by molar-refractivity contribution is 6.32. The lowest BCUT2D eigenvalue weighted by molar-refractivity contribution is 0.0766. The van der Waals surface area contributed by atoms with Crippen molar-refractivity contribution in [2.75, 3.05) is 33.0 Å². The van der Waals surface area contributed by atoms with Crippen molar-refractivity contribution in [3.8, 4) is 11.5 Å². The fourth-order valence-electron chi connectivity index (χ4n) is 2.32. The van der Waals surface area contributed by atoms with Crippen LogP contribution in [0.1, 0.15) is 16.8 Å². The van der Waals surface area contributed by atoms with E-state index in [-0.39, 0.29) is 12.7 Å². The number of nitrogens with one attached hydrogen (secondary N) is 1. The first-order chi connectivity index (χ1) is 9.25. The van der Waals surface area contributed by atoms with Gasteiger partial charge < -0.3 is 19.7 Å². The molecule has 2 heterocycles. The molecule has 3 rings (SSSR count). The number of carbonyl (C=O) groups is 1. The minimum atomic E-state index is -0.0103. The van der Waals surface area contributed by atoms with Crippen LogP contribution in [0.15, 0.2) is 12.1 Å². The maximum atomic E-state index is 12.4. The van der Waals surface area contributed by atoms with Crippen molar-refractivity contribution < 1.29 is 14.3 Å². The molecule has 102 valence electrons. The number of benzene rings is 1. The van der Waals surface area contributed by atoms with E-state index >= 15 is 0 Å². The summed E-state index contributed by atoms with van der Waals surface area (Å²) in [6.45, 7) is 3.40. The number of rotatable bonds is 1. The Morgan fingerprint density at radius 2 is 2.16 bits per heavy atom. The molecule has 1 fully saturated rings. The molecule has 0 saturated carbocycles. The summed E-state index contributed by atoms with van der Waals surface area (Å²) in [6.07, 6.45) is 0.962. The van der Waals surface area contributed by atoms with Crippen molar-refractivity contribution in [1.29, 1.82) is 0 Å². The van der Waals surface area contributed by atoms with Gasteiger partial charge in [0.1, 0.15) is 0 Å². The van der Waals surface area contributed by atoms with Crippen LogP contribution in [0.4, 0.5) is 0 Å². The summed E-state index contributed by atoms with van der Waals surface area (Å²) in [7, 11) is 0. The molecule has 1 aromatic rings. The van der Waals surface area contributed by atoms with Crippen molar-refractivity contribution in [1.82, 2.24) is 10.2 Å². The predicted molar refractivity (Wildman–Crippen MR) is 71.0 cm³/mol. The second-order valence-corrected chi connectivity index (χ2v) is 4.99. The molecule has 2 aliphatic rings. The van der Waals surface area contributed by atoms with Gasteiger partial charge in [0.2, 0.25) is 6.79 Å². The summed E-state index contributed by atoms with van der Waals surface area (Å²) in [5, 5.41) is 3.69. The molecule has 0 radical (unpaired) electrons. The van der Waals surface area contributed by atoms with Gasteiger partial charge in [-0.3, -0.25) is 4.79 Å². The van der Waals surface area contributed by atoms with Gasteiger partial charge in [-0.05, 0) is 25.1 Å². The number of halogens is 1. The van der Waals surface area contributed by atoms with E-state index in [2.05, 4.69) is 5.32 Å². The minimum Gasteiger partial charge on any atom is -0.454 e. The van der Waals surface area contributed by atoms with E-state index < -0.39 is 0 Å². The number of amides is 1. The van der Waals surface area contributed by atoms with Crippen LogP contribution in [0.2, 0.25) is 5.02 Å². The number of carbonyl (C=O) groups excluding carboxylic acids is 1. The molecule has 2 aliphatic heterocycles. The van der Waals surface area contributed by atoms with Crippen LogP contribution < -0.4 is 14.8 Å². The van der Waals surface area contributed by atoms with Crippen LogP contribution in [0.25, 0.3) is 0 Å². The van der Waals surface area contributed by atoms with Crippen LogP contribution in [0.3, 0.4) is 0 Å². The van der Waals surface area contributed by atoms with Gasteiger partial charge in [-0.15, -0.1) is 0 Å². The molecule has 0 bridgehead atoms. The fraction of sp³-hybridized carbons (Fsp3) is 0.462. The Morgan fingerprint density at radius 1 is 1.26 bits per heavy atom. The first kappa shape index (κ1) is 12.6. The average molecular weight is 283 g/mol. The third-order valence-electron chi connectivity index (χ3n) is 3.30. The maximum Gasteiger partial charge on any atom is 0.254 e. The van der Waals surface area contributed by atoms with Gasteiger partial charge in [0.15, 0.2) is 11.5 Å². The van der Waals surface area contributed by atoms with E-state index in [1.54, 1.807) is 12.1 Å². The van der Waals surface area contributed by atoms with Crippen LogP contribution in [-0.4, -0.2) is 43.8 Å². The Hall–Kier alpha value is -1.46. The van der Waals surface area contributed by atoms with Gasteiger partial charge in [-0.25, -0.2) is 0 Å². The Labute approximate surface area is 116 Å². The smallest absolute Gasteiger partial charge is 0.254 e. The summed E-state index contributed by atoms with van der Waals surface area (Å²) >= 11 is 6.10. The lowest BCUT2D eigenvalue weighted by Gasteiger charge is -2.20. The van der Waals surface area contributed by atoms with E-state index in [4.69, 9.17) is 21.1 Å². The van der Waals surface area contributed by atoms with Crippen molar-refractivity contribution >= 4 is 17.5 Å². The summed E-state index contributed by atoms with van der Waals surface area (Å²) < 4.78 is 10.5. The second-order valence-electron chi connectivity index (χ2n) is 4.59. The third kappa shape index (κ3) is 2.48. The zero-order valence-electron chi connectivity index (χ0n) is 10.4. The highest BCUT2D eigenvalue weighted by Gasteiger charge is 2.23. The van der Waals surface area contributed by atoms with Crippen molar-refractivity contribution in [2.24, 2.45) is 0 Å². The molecule has 1 amide bonds. The average Bonchev–Trinajstić information content (AvgIpc) is 2.72. The summed E-state index contributed by atoms with van der Waals surface area (Å²) in [6, 6.07) is 3.35. The zero-order chi connectivity index (χ0) is 13.2. The first-order valence-electron chi connectivity index (χ1n) is 6.35. The summed E-state index contributed by atoms with van der Waals surface area (Å²) in [5.74, 6) is 1.06. The Morgan fingerprint density at radius 3 is 3.05 bits per heavy atom. The molecule has 0 spiro atoms. The normalized spacial score (nSPS) is 18.3. The summed E-state index contributed by atoms with van der Waals surface area (Å²) in [5.41, 5.74) is 0.552. The molecule has 1 saturated heterocycles. The van der Waals surface area contributed by atoms with Gasteiger partial charge in [-0.1, -0.05) is 11.6 Å². The molecule has 6 heteroatoms. The highest BCUT2D eigenvalue weighted by atomic mass is 35.5. The molecule has 0 aliphatic carbocycles. The number of hydrogen-bond donors (Lipinski definition) is 1. The topological polar surface area (TPSA) is 50.8 Å². The number of hydrogen-bond acceptors (Lipinski definition) is 4. The molecule has 0 atom stereocenters. The van der Waals surface area contributed by atoms with Crippen molar-refractivity contribution in [2.45, 2.75) is 6.42 Å². The van der Waals surface area contributed by atoms with Crippen molar-refractivity contribution in [3.63, 3.8) is 0 Å². The molecule has 5 nitrogen and oxygen atoms in total. The van der Waals surface area contributed by atoms with Crippen LogP contribution in [0.5, 0.6) is 11.5 Å². The van der Waals surface area contributed by atoms with E-state index in [0.717, 1.165) is 26.1 Å². The molecular formula is C13H15ClN2O3. The van der Waals surface area contributed by atoms with Gasteiger partial charge in [0.05, 0.1) is 5.02 Å². The second kappa shape index (κ2) is 5.27. The van der Waals surface area contributed by atoms with E-state index in [1.807, 2.05) is 4.90 Å². The molecule has 19 heavy (non-hydrogen) atoms. The van der Waals surface area contributed by atoms with Crippen LogP contribution in [0, 0.1) is 0 Å². The molecule has 1 N–H and O–H groups in total. The van der Waals surface area contributed by atoms with Crippen LogP contribution >= 0.6 is 11.6 Å². The standard InChI is InChI=1S/C13H15ClN2O3/c14-10-6-9(7-11-12(10)19-8-18-11)13(17)16-4-1-2-15-3-5-16/h6-7,15H,1-5,8H2. The molecule has 0 unspecified atom stereocenters. The van der Waals surface area contributed by atoms with Gasteiger partial charge in [0, 0.05) is 25.2 Å². The third-order valence-corrected chi connectivity index (χ3v) is 3.58. The molecular weight excluding hydrogens is 268 g/mol. The van der Waals surface area contributed by atoms with Gasteiger partial charge in [0.25, 0.3) is 5.91 Å². The monoisotopic (exact) mass is 282 g/mol. The number of nitrogens with zero attached hydrogens (tertiary/aromatic N) is 1. The first-order valence-corrected chi connectivity index (χ1v) is 6.72. The zero-order valence-corrected chi connectivity index (χ0v) is 11.2. The highest BCUT2D eigenvalue weighted by Crippen LogP contribution is 2.40.